The molecule has 1 amide bonds. The number of benzene rings is 1. The van der Waals surface area contributed by atoms with Gasteiger partial charge in [-0.2, -0.15) is 18.3 Å². The molecule has 0 unspecified atom stereocenters. The number of amides is 1. The van der Waals surface area contributed by atoms with E-state index in [0.29, 0.717) is 25.1 Å². The van der Waals surface area contributed by atoms with Gasteiger partial charge < -0.3 is 10.2 Å². The van der Waals surface area contributed by atoms with E-state index in [1.54, 1.807) is 11.0 Å². The number of carbonyl (C=O) groups is 1. The van der Waals surface area contributed by atoms with Crippen LogP contribution in [-0.2, 0) is 6.18 Å². The highest BCUT2D eigenvalue weighted by Gasteiger charge is 2.36. The first-order valence-corrected chi connectivity index (χ1v) is 7.16. The van der Waals surface area contributed by atoms with E-state index >= 15 is 0 Å². The third-order valence-corrected chi connectivity index (χ3v) is 3.83. The molecule has 2 N–H and O–H groups in total. The standard InChI is InChI=1S/C15H15F3N4O/c16-15(17,18)12-3-1-2-4-13(12)22-6-5-11(9-22)21-14(23)10-7-19-20-8-10/h1-4,7-8,11H,5-6,9H2,(H,19,20)(H,21,23)/t11-/m1/s1. The lowest BCUT2D eigenvalue weighted by atomic mass is 10.1. The Morgan fingerprint density at radius 1 is 1.35 bits per heavy atom. The molecule has 5 nitrogen and oxygen atoms in total. The molecular weight excluding hydrogens is 309 g/mol. The Kier molecular flexibility index (Phi) is 3.97. The van der Waals surface area contributed by atoms with Gasteiger partial charge >= 0.3 is 6.18 Å². The lowest BCUT2D eigenvalue weighted by molar-refractivity contribution is -0.137. The first-order chi connectivity index (χ1) is 10.9. The largest absolute Gasteiger partial charge is 0.418 e. The number of halogens is 3. The highest BCUT2D eigenvalue weighted by atomic mass is 19.4. The number of nitrogens with zero attached hydrogens (tertiary/aromatic N) is 2. The summed E-state index contributed by atoms with van der Waals surface area (Å²) in [5.41, 5.74) is -0.0963. The number of aromatic nitrogens is 2. The molecule has 1 aromatic carbocycles. The smallest absolute Gasteiger partial charge is 0.369 e. The molecule has 2 aromatic rings. The van der Waals surface area contributed by atoms with Crippen LogP contribution in [0.4, 0.5) is 18.9 Å². The van der Waals surface area contributed by atoms with Gasteiger partial charge in [-0.1, -0.05) is 12.1 Å². The van der Waals surface area contributed by atoms with Crippen molar-refractivity contribution in [1.29, 1.82) is 0 Å². The van der Waals surface area contributed by atoms with Gasteiger partial charge in [-0.05, 0) is 18.6 Å². The van der Waals surface area contributed by atoms with Gasteiger partial charge in [-0.3, -0.25) is 9.89 Å². The molecule has 1 aliphatic rings. The van der Waals surface area contributed by atoms with Crippen LogP contribution in [0.15, 0.2) is 36.7 Å². The van der Waals surface area contributed by atoms with Crippen molar-refractivity contribution in [3.63, 3.8) is 0 Å². The summed E-state index contributed by atoms with van der Waals surface area (Å²) in [6.07, 6.45) is -0.924. The second-order valence-corrected chi connectivity index (χ2v) is 5.41. The van der Waals surface area contributed by atoms with E-state index in [1.807, 2.05) is 0 Å². The Bertz CT molecular complexity index is 684. The van der Waals surface area contributed by atoms with E-state index in [0.717, 1.165) is 6.07 Å². The Balaban J connectivity index is 1.70. The summed E-state index contributed by atoms with van der Waals surface area (Å²) in [6, 6.07) is 5.30. The summed E-state index contributed by atoms with van der Waals surface area (Å²) < 4.78 is 39.3. The number of para-hydroxylation sites is 1. The number of H-pyrrole nitrogens is 1. The minimum Gasteiger partial charge on any atom is -0.369 e. The predicted molar refractivity (Wildman–Crippen MR) is 78.1 cm³/mol. The van der Waals surface area contributed by atoms with Crippen LogP contribution in [-0.4, -0.2) is 35.2 Å². The van der Waals surface area contributed by atoms with Crippen LogP contribution in [0.3, 0.4) is 0 Å². The molecule has 0 radical (unpaired) electrons. The molecule has 0 bridgehead atoms. The molecule has 23 heavy (non-hydrogen) atoms. The van der Waals surface area contributed by atoms with Gasteiger partial charge in [0.1, 0.15) is 0 Å². The number of hydrogen-bond donors (Lipinski definition) is 2. The fraction of sp³-hybridized carbons (Fsp3) is 0.333. The van der Waals surface area contributed by atoms with Gasteiger partial charge in [-0.25, -0.2) is 0 Å². The van der Waals surface area contributed by atoms with Gasteiger partial charge in [0, 0.05) is 31.0 Å². The van der Waals surface area contributed by atoms with Crippen LogP contribution in [0, 0.1) is 0 Å². The maximum atomic E-state index is 13.1. The monoisotopic (exact) mass is 324 g/mol. The molecule has 1 aromatic heterocycles. The number of hydrogen-bond acceptors (Lipinski definition) is 3. The Hall–Kier alpha value is -2.51. The lowest BCUT2D eigenvalue weighted by Gasteiger charge is -2.23. The predicted octanol–water partition coefficient (Wildman–Crippen LogP) is 2.44. The van der Waals surface area contributed by atoms with Crippen LogP contribution in [0.5, 0.6) is 0 Å². The quantitative estimate of drug-likeness (QED) is 0.912. The summed E-state index contributed by atoms with van der Waals surface area (Å²) in [4.78, 5) is 13.6. The third-order valence-electron chi connectivity index (χ3n) is 3.83. The number of nitrogens with one attached hydrogen (secondary N) is 2. The van der Waals surface area contributed by atoms with Crippen molar-refractivity contribution in [2.45, 2.75) is 18.6 Å². The Morgan fingerprint density at radius 2 is 2.13 bits per heavy atom. The molecule has 0 aliphatic carbocycles. The minimum atomic E-state index is -4.39. The van der Waals surface area contributed by atoms with Crippen molar-refractivity contribution < 1.29 is 18.0 Å². The number of alkyl halides is 3. The van der Waals surface area contributed by atoms with Crippen molar-refractivity contribution in [3.8, 4) is 0 Å². The molecule has 0 saturated carbocycles. The van der Waals surface area contributed by atoms with Gasteiger partial charge in [-0.15, -0.1) is 0 Å². The SMILES string of the molecule is O=C(N[C@@H]1CCN(c2ccccc2C(F)(F)F)C1)c1cn[nH]c1. The average Bonchev–Trinajstić information content (AvgIpc) is 3.18. The average molecular weight is 324 g/mol. The van der Waals surface area contributed by atoms with E-state index in [1.165, 1.54) is 24.5 Å². The zero-order chi connectivity index (χ0) is 16.4. The molecule has 2 heterocycles. The van der Waals surface area contributed by atoms with Crippen LogP contribution in [0.2, 0.25) is 0 Å². The fourth-order valence-electron chi connectivity index (χ4n) is 2.73. The van der Waals surface area contributed by atoms with E-state index in [2.05, 4.69) is 15.5 Å². The number of aromatic amines is 1. The molecule has 1 aliphatic heterocycles. The van der Waals surface area contributed by atoms with Gasteiger partial charge in [0.05, 0.1) is 17.3 Å². The Labute approximate surface area is 130 Å². The van der Waals surface area contributed by atoms with Gasteiger partial charge in [0.25, 0.3) is 5.91 Å². The molecule has 8 heteroatoms. The zero-order valence-electron chi connectivity index (χ0n) is 12.1. The maximum absolute atomic E-state index is 13.1. The van der Waals surface area contributed by atoms with Crippen molar-refractivity contribution in [1.82, 2.24) is 15.5 Å². The van der Waals surface area contributed by atoms with E-state index in [9.17, 15) is 18.0 Å². The summed E-state index contributed by atoms with van der Waals surface area (Å²) in [7, 11) is 0. The van der Waals surface area contributed by atoms with Crippen LogP contribution < -0.4 is 10.2 Å². The highest BCUT2D eigenvalue weighted by Crippen LogP contribution is 2.37. The summed E-state index contributed by atoms with van der Waals surface area (Å²) in [5, 5.41) is 9.06. The van der Waals surface area contributed by atoms with E-state index in [-0.39, 0.29) is 17.6 Å². The van der Waals surface area contributed by atoms with Crippen molar-refractivity contribution in [2.75, 3.05) is 18.0 Å². The molecule has 1 saturated heterocycles. The second-order valence-electron chi connectivity index (χ2n) is 5.41. The first kappa shape index (κ1) is 15.4. The molecular formula is C15H15F3N4O. The zero-order valence-corrected chi connectivity index (χ0v) is 12.1. The van der Waals surface area contributed by atoms with Crippen LogP contribution in [0.25, 0.3) is 0 Å². The molecule has 1 atom stereocenters. The van der Waals surface area contributed by atoms with Crippen LogP contribution >= 0.6 is 0 Å². The minimum absolute atomic E-state index is 0.153. The molecule has 3 rings (SSSR count). The Morgan fingerprint density at radius 3 is 2.83 bits per heavy atom. The van der Waals surface area contributed by atoms with E-state index in [4.69, 9.17) is 0 Å². The van der Waals surface area contributed by atoms with E-state index < -0.39 is 11.7 Å². The lowest BCUT2D eigenvalue weighted by Crippen LogP contribution is -2.37. The van der Waals surface area contributed by atoms with Crippen molar-refractivity contribution >= 4 is 11.6 Å². The molecule has 1 fully saturated rings. The van der Waals surface area contributed by atoms with Crippen LogP contribution in [0.1, 0.15) is 22.3 Å². The summed E-state index contributed by atoms with van der Waals surface area (Å²) >= 11 is 0. The second kappa shape index (κ2) is 5.94. The number of carbonyl (C=O) groups excluding carboxylic acids is 1. The summed E-state index contributed by atoms with van der Waals surface area (Å²) in [6.45, 7) is 0.806. The van der Waals surface area contributed by atoms with Crippen molar-refractivity contribution in [3.05, 3.63) is 47.8 Å². The van der Waals surface area contributed by atoms with Gasteiger partial charge in [0.2, 0.25) is 0 Å². The topological polar surface area (TPSA) is 61.0 Å². The summed E-state index contributed by atoms with van der Waals surface area (Å²) in [5.74, 6) is -0.283. The van der Waals surface area contributed by atoms with Gasteiger partial charge in [0.15, 0.2) is 0 Å². The normalized spacial score (nSPS) is 18.2. The number of anilines is 1. The number of rotatable bonds is 3. The first-order valence-electron chi connectivity index (χ1n) is 7.16. The highest BCUT2D eigenvalue weighted by molar-refractivity contribution is 5.93. The maximum Gasteiger partial charge on any atom is 0.418 e. The van der Waals surface area contributed by atoms with Crippen molar-refractivity contribution in [2.24, 2.45) is 0 Å². The molecule has 122 valence electrons. The third kappa shape index (κ3) is 3.30. The molecule has 0 spiro atoms. The fourth-order valence-corrected chi connectivity index (χ4v) is 2.73.